The van der Waals surface area contributed by atoms with Crippen LogP contribution in [0.1, 0.15) is 43.7 Å². The summed E-state index contributed by atoms with van der Waals surface area (Å²) in [4.78, 5) is 29.0. The van der Waals surface area contributed by atoms with E-state index in [2.05, 4.69) is 5.32 Å². The molecular weight excluding hydrogens is 562 g/mol. The van der Waals surface area contributed by atoms with Crippen LogP contribution in [0.15, 0.2) is 77.7 Å². The van der Waals surface area contributed by atoms with Gasteiger partial charge < -0.3 is 15.0 Å². The van der Waals surface area contributed by atoms with Crippen LogP contribution in [0.2, 0.25) is 5.02 Å². The van der Waals surface area contributed by atoms with Crippen LogP contribution >= 0.6 is 11.6 Å². The highest BCUT2D eigenvalue weighted by molar-refractivity contribution is 7.92. The topological polar surface area (TPSA) is 96.0 Å². The molecule has 3 aromatic carbocycles. The van der Waals surface area contributed by atoms with Gasteiger partial charge in [0.1, 0.15) is 18.3 Å². The highest BCUT2D eigenvalue weighted by Crippen LogP contribution is 2.35. The summed E-state index contributed by atoms with van der Waals surface area (Å²) in [6.07, 6.45) is 3.92. The first kappa shape index (κ1) is 30.4. The van der Waals surface area contributed by atoms with Crippen LogP contribution in [0.25, 0.3) is 0 Å². The maximum atomic E-state index is 14.2. The minimum absolute atomic E-state index is 0.00677. The normalized spacial score (nSPS) is 14.3. The van der Waals surface area contributed by atoms with E-state index in [1.807, 2.05) is 31.2 Å². The summed E-state index contributed by atoms with van der Waals surface area (Å²) in [5.74, 6) is -0.570. The SMILES string of the molecule is COc1ccc(Cl)cc1N(CC(=O)N(Cc1ccccc1C)[C@@H](C)C(=O)NC1CCCC1)S(=O)(=O)c1ccccc1. The van der Waals surface area contributed by atoms with E-state index in [0.717, 1.165) is 41.1 Å². The minimum atomic E-state index is -4.23. The van der Waals surface area contributed by atoms with Crippen LogP contribution in [-0.4, -0.2) is 50.9 Å². The monoisotopic (exact) mass is 597 g/mol. The Morgan fingerprint density at radius 1 is 1.02 bits per heavy atom. The number of rotatable bonds is 11. The average Bonchev–Trinajstić information content (AvgIpc) is 3.48. The number of methoxy groups -OCH3 is 1. The molecule has 2 amide bonds. The molecule has 1 fully saturated rings. The summed E-state index contributed by atoms with van der Waals surface area (Å²) < 4.78 is 34.5. The van der Waals surface area contributed by atoms with Gasteiger partial charge in [-0.1, -0.05) is 66.9 Å². The Hall–Kier alpha value is -3.56. The maximum Gasteiger partial charge on any atom is 0.264 e. The summed E-state index contributed by atoms with van der Waals surface area (Å²) in [5.41, 5.74) is 1.94. The Morgan fingerprint density at radius 3 is 2.34 bits per heavy atom. The van der Waals surface area contributed by atoms with Crippen LogP contribution in [0.5, 0.6) is 5.75 Å². The number of ether oxygens (including phenoxy) is 1. The van der Waals surface area contributed by atoms with Crippen molar-refractivity contribution in [2.75, 3.05) is 18.0 Å². The molecule has 0 bridgehead atoms. The number of hydrogen-bond acceptors (Lipinski definition) is 5. The van der Waals surface area contributed by atoms with Crippen LogP contribution < -0.4 is 14.4 Å². The highest BCUT2D eigenvalue weighted by Gasteiger charge is 2.34. The lowest BCUT2D eigenvalue weighted by atomic mass is 10.1. The quantitative estimate of drug-likeness (QED) is 0.322. The molecule has 41 heavy (non-hydrogen) atoms. The van der Waals surface area contributed by atoms with Gasteiger partial charge in [-0.05, 0) is 68.1 Å². The summed E-state index contributed by atoms with van der Waals surface area (Å²) in [7, 11) is -2.81. The second-order valence-corrected chi connectivity index (χ2v) is 12.6. The molecule has 218 valence electrons. The third-order valence-electron chi connectivity index (χ3n) is 7.49. The van der Waals surface area contributed by atoms with E-state index in [4.69, 9.17) is 16.3 Å². The molecule has 0 aliphatic heterocycles. The number of amides is 2. The Kier molecular flexibility index (Phi) is 9.94. The van der Waals surface area contributed by atoms with E-state index in [9.17, 15) is 18.0 Å². The second kappa shape index (κ2) is 13.4. The standard InChI is InChI=1S/C31H36ClN3O5S/c1-22-11-7-8-12-24(22)20-34(23(2)31(37)33-26-13-9-10-14-26)30(36)21-35(28-19-25(32)17-18-29(28)40-3)41(38,39)27-15-5-4-6-16-27/h4-8,11-12,15-19,23,26H,9-10,13-14,20-21H2,1-3H3,(H,33,37)/t23-/m0/s1. The molecule has 0 unspecified atom stereocenters. The third kappa shape index (κ3) is 7.21. The Balaban J connectivity index is 1.74. The number of anilines is 1. The van der Waals surface area contributed by atoms with Crippen molar-refractivity contribution in [1.29, 1.82) is 0 Å². The van der Waals surface area contributed by atoms with E-state index in [1.54, 1.807) is 37.3 Å². The zero-order valence-electron chi connectivity index (χ0n) is 23.5. The second-order valence-electron chi connectivity index (χ2n) is 10.3. The molecule has 10 heteroatoms. The Morgan fingerprint density at radius 2 is 1.68 bits per heavy atom. The van der Waals surface area contributed by atoms with Gasteiger partial charge in [-0.15, -0.1) is 0 Å². The van der Waals surface area contributed by atoms with E-state index in [1.165, 1.54) is 30.2 Å². The van der Waals surface area contributed by atoms with Crippen molar-refractivity contribution < 1.29 is 22.7 Å². The minimum Gasteiger partial charge on any atom is -0.495 e. The van der Waals surface area contributed by atoms with Crippen molar-refractivity contribution in [2.24, 2.45) is 0 Å². The largest absolute Gasteiger partial charge is 0.495 e. The summed E-state index contributed by atoms with van der Waals surface area (Å²) >= 11 is 6.29. The molecule has 1 N–H and O–H groups in total. The molecule has 8 nitrogen and oxygen atoms in total. The zero-order valence-corrected chi connectivity index (χ0v) is 25.1. The van der Waals surface area contributed by atoms with Gasteiger partial charge in [0.05, 0.1) is 17.7 Å². The predicted octanol–water partition coefficient (Wildman–Crippen LogP) is 5.33. The van der Waals surface area contributed by atoms with E-state index < -0.39 is 28.5 Å². The highest BCUT2D eigenvalue weighted by atomic mass is 35.5. The first-order valence-corrected chi connectivity index (χ1v) is 15.5. The number of sulfonamides is 1. The van der Waals surface area contributed by atoms with Crippen LogP contribution in [-0.2, 0) is 26.2 Å². The zero-order chi connectivity index (χ0) is 29.6. The van der Waals surface area contributed by atoms with E-state index >= 15 is 0 Å². The number of nitrogens with one attached hydrogen (secondary N) is 1. The molecule has 0 saturated heterocycles. The fraction of sp³-hybridized carbons (Fsp3) is 0.355. The smallest absolute Gasteiger partial charge is 0.264 e. The average molecular weight is 598 g/mol. The van der Waals surface area contributed by atoms with Crippen LogP contribution in [0.4, 0.5) is 5.69 Å². The Labute approximate surface area is 247 Å². The van der Waals surface area contributed by atoms with Crippen LogP contribution in [0, 0.1) is 6.92 Å². The number of halogens is 1. The number of carbonyl (C=O) groups excluding carboxylic acids is 2. The van der Waals surface area contributed by atoms with E-state index in [-0.39, 0.29) is 39.8 Å². The van der Waals surface area contributed by atoms with E-state index in [0.29, 0.717) is 0 Å². The molecule has 1 atom stereocenters. The summed E-state index contributed by atoms with van der Waals surface area (Å²) in [6, 6.07) is 19.3. The van der Waals surface area contributed by atoms with Gasteiger partial charge in [0.2, 0.25) is 11.8 Å². The van der Waals surface area contributed by atoms with Gasteiger partial charge >= 0.3 is 0 Å². The lowest BCUT2D eigenvalue weighted by Crippen LogP contribution is -2.52. The Bertz CT molecular complexity index is 1480. The van der Waals surface area contributed by atoms with Crippen molar-refractivity contribution in [3.63, 3.8) is 0 Å². The van der Waals surface area contributed by atoms with Crippen molar-refractivity contribution in [3.05, 3.63) is 88.9 Å². The first-order chi connectivity index (χ1) is 19.6. The van der Waals surface area contributed by atoms with Gasteiger partial charge in [-0.3, -0.25) is 13.9 Å². The number of hydrogen-bond donors (Lipinski definition) is 1. The molecular formula is C31H36ClN3O5S. The van der Waals surface area contributed by atoms with Crippen molar-refractivity contribution in [3.8, 4) is 5.75 Å². The summed E-state index contributed by atoms with van der Waals surface area (Å²) in [6.45, 7) is 3.18. The fourth-order valence-electron chi connectivity index (χ4n) is 5.04. The van der Waals surface area contributed by atoms with Gasteiger partial charge in [-0.25, -0.2) is 8.42 Å². The number of aryl methyl sites for hydroxylation is 1. The third-order valence-corrected chi connectivity index (χ3v) is 9.50. The first-order valence-electron chi connectivity index (χ1n) is 13.7. The molecule has 1 aliphatic rings. The summed E-state index contributed by atoms with van der Waals surface area (Å²) in [5, 5.41) is 3.36. The van der Waals surface area contributed by atoms with Gasteiger partial charge in [-0.2, -0.15) is 0 Å². The van der Waals surface area contributed by atoms with Gasteiger partial charge in [0.25, 0.3) is 10.0 Å². The van der Waals surface area contributed by atoms with Gasteiger partial charge in [0.15, 0.2) is 0 Å². The molecule has 0 spiro atoms. The number of carbonyl (C=O) groups is 2. The molecule has 0 aromatic heterocycles. The molecule has 0 radical (unpaired) electrons. The lowest BCUT2D eigenvalue weighted by molar-refractivity contribution is -0.139. The van der Waals surface area contributed by atoms with Crippen molar-refractivity contribution >= 4 is 39.1 Å². The molecule has 4 rings (SSSR count). The van der Waals surface area contributed by atoms with Crippen molar-refractivity contribution in [2.45, 2.75) is 63.1 Å². The lowest BCUT2D eigenvalue weighted by Gasteiger charge is -2.33. The maximum absolute atomic E-state index is 14.2. The van der Waals surface area contributed by atoms with Crippen molar-refractivity contribution in [1.82, 2.24) is 10.2 Å². The van der Waals surface area contributed by atoms with Crippen LogP contribution in [0.3, 0.4) is 0 Å². The fourth-order valence-corrected chi connectivity index (χ4v) is 6.64. The molecule has 3 aromatic rings. The molecule has 0 heterocycles. The van der Waals surface area contributed by atoms with Gasteiger partial charge in [0, 0.05) is 17.6 Å². The number of nitrogens with zero attached hydrogens (tertiary/aromatic N) is 2. The number of benzene rings is 3. The molecule has 1 saturated carbocycles. The molecule has 1 aliphatic carbocycles. The predicted molar refractivity (Wildman–Crippen MR) is 161 cm³/mol.